The first-order valence-electron chi connectivity index (χ1n) is 7.15. The number of amides is 2. The van der Waals surface area contributed by atoms with Gasteiger partial charge in [-0.2, -0.15) is 0 Å². The topological polar surface area (TPSA) is 67.9 Å². The summed E-state index contributed by atoms with van der Waals surface area (Å²) in [5.74, 6) is 0.459. The van der Waals surface area contributed by atoms with Gasteiger partial charge in [-0.1, -0.05) is 18.2 Å². The van der Waals surface area contributed by atoms with Crippen molar-refractivity contribution in [3.8, 4) is 11.5 Å². The molecule has 0 saturated heterocycles. The first-order valence-corrected chi connectivity index (χ1v) is 7.15. The molecule has 1 atom stereocenters. The third kappa shape index (κ3) is 1.69. The summed E-state index contributed by atoms with van der Waals surface area (Å²) in [5, 5.41) is 2.88. The molecule has 2 amide bonds. The fourth-order valence-corrected chi connectivity index (χ4v) is 3.24. The zero-order valence-electron chi connectivity index (χ0n) is 12.6. The highest BCUT2D eigenvalue weighted by Gasteiger charge is 2.45. The highest BCUT2D eigenvalue weighted by molar-refractivity contribution is 6.18. The van der Waals surface area contributed by atoms with Crippen LogP contribution in [0.2, 0.25) is 0 Å². The number of methoxy groups -OCH3 is 2. The molecule has 2 heterocycles. The van der Waals surface area contributed by atoms with E-state index in [2.05, 4.69) is 5.32 Å². The molecule has 1 N–H and O–H groups in total. The van der Waals surface area contributed by atoms with Gasteiger partial charge in [0.05, 0.1) is 31.0 Å². The molecule has 0 spiro atoms. The van der Waals surface area contributed by atoms with Crippen LogP contribution in [0.1, 0.15) is 32.4 Å². The van der Waals surface area contributed by atoms with Crippen LogP contribution in [-0.4, -0.2) is 26.0 Å². The summed E-state index contributed by atoms with van der Waals surface area (Å²) in [6, 6.07) is 10.6. The second kappa shape index (κ2) is 4.74. The van der Waals surface area contributed by atoms with Gasteiger partial charge in [-0.15, -0.1) is 0 Å². The van der Waals surface area contributed by atoms with E-state index in [4.69, 9.17) is 9.47 Å². The Morgan fingerprint density at radius 3 is 2.57 bits per heavy atom. The minimum Gasteiger partial charge on any atom is -0.493 e. The van der Waals surface area contributed by atoms with Crippen molar-refractivity contribution in [3.63, 3.8) is 0 Å². The zero-order chi connectivity index (χ0) is 16.1. The average molecular weight is 310 g/mol. The molecule has 0 saturated carbocycles. The number of para-hydroxylation sites is 1. The van der Waals surface area contributed by atoms with Crippen LogP contribution in [0.5, 0.6) is 11.5 Å². The van der Waals surface area contributed by atoms with E-state index in [1.807, 2.05) is 6.07 Å². The average Bonchev–Trinajstić information content (AvgIpc) is 2.87. The Balaban J connectivity index is 1.95. The van der Waals surface area contributed by atoms with E-state index < -0.39 is 6.17 Å². The smallest absolute Gasteiger partial charge is 0.264 e. The first kappa shape index (κ1) is 13.6. The molecule has 0 radical (unpaired) electrons. The molecule has 0 aliphatic carbocycles. The van der Waals surface area contributed by atoms with Gasteiger partial charge in [-0.25, -0.2) is 0 Å². The van der Waals surface area contributed by atoms with Gasteiger partial charge in [0, 0.05) is 5.56 Å². The van der Waals surface area contributed by atoms with Crippen LogP contribution >= 0.6 is 0 Å². The Morgan fingerprint density at radius 1 is 1.04 bits per heavy atom. The molecular weight excluding hydrogens is 296 g/mol. The molecule has 4 rings (SSSR count). The number of carbonyl (C=O) groups excluding carboxylic acids is 2. The second-order valence-corrected chi connectivity index (χ2v) is 5.33. The van der Waals surface area contributed by atoms with Gasteiger partial charge < -0.3 is 14.8 Å². The van der Waals surface area contributed by atoms with Gasteiger partial charge in [-0.3, -0.25) is 14.5 Å². The van der Waals surface area contributed by atoms with Crippen LogP contribution in [0, 0.1) is 0 Å². The van der Waals surface area contributed by atoms with Crippen molar-refractivity contribution in [1.82, 2.24) is 5.32 Å². The molecule has 2 aliphatic heterocycles. The number of rotatable bonds is 2. The van der Waals surface area contributed by atoms with Crippen LogP contribution in [0.15, 0.2) is 36.4 Å². The van der Waals surface area contributed by atoms with Crippen LogP contribution in [0.3, 0.4) is 0 Å². The van der Waals surface area contributed by atoms with Crippen molar-refractivity contribution in [2.75, 3.05) is 19.1 Å². The van der Waals surface area contributed by atoms with E-state index in [1.54, 1.807) is 35.2 Å². The molecule has 0 fully saturated rings. The van der Waals surface area contributed by atoms with Gasteiger partial charge in [0.1, 0.15) is 6.17 Å². The Morgan fingerprint density at radius 2 is 1.83 bits per heavy atom. The summed E-state index contributed by atoms with van der Waals surface area (Å²) in [6.45, 7) is 0. The van der Waals surface area contributed by atoms with Crippen molar-refractivity contribution in [2.24, 2.45) is 0 Å². The molecule has 116 valence electrons. The summed E-state index contributed by atoms with van der Waals surface area (Å²) in [5.41, 5.74) is 2.21. The van der Waals surface area contributed by atoms with Gasteiger partial charge in [0.15, 0.2) is 11.5 Å². The number of benzene rings is 2. The Kier molecular flexibility index (Phi) is 2.81. The van der Waals surface area contributed by atoms with Gasteiger partial charge >= 0.3 is 0 Å². The molecule has 2 aliphatic rings. The molecule has 6 nitrogen and oxygen atoms in total. The number of ether oxygens (including phenoxy) is 2. The number of anilines is 1. The summed E-state index contributed by atoms with van der Waals surface area (Å²) in [7, 11) is 3.02. The number of fused-ring (bicyclic) bond motifs is 5. The van der Waals surface area contributed by atoms with E-state index in [1.165, 1.54) is 14.2 Å². The van der Waals surface area contributed by atoms with Crippen molar-refractivity contribution in [3.05, 3.63) is 53.1 Å². The van der Waals surface area contributed by atoms with Gasteiger partial charge in [0.2, 0.25) is 0 Å². The fourth-order valence-electron chi connectivity index (χ4n) is 3.24. The quantitative estimate of drug-likeness (QED) is 0.922. The molecule has 23 heavy (non-hydrogen) atoms. The van der Waals surface area contributed by atoms with E-state index in [0.717, 1.165) is 0 Å². The van der Waals surface area contributed by atoms with Crippen molar-refractivity contribution < 1.29 is 19.1 Å². The number of carbonyl (C=O) groups is 2. The van der Waals surface area contributed by atoms with E-state index >= 15 is 0 Å². The van der Waals surface area contributed by atoms with Gasteiger partial charge in [0.25, 0.3) is 11.8 Å². The molecule has 6 heteroatoms. The fraction of sp³-hybridized carbons (Fsp3) is 0.176. The summed E-state index contributed by atoms with van der Waals surface area (Å²) in [4.78, 5) is 26.9. The predicted octanol–water partition coefficient (Wildman–Crippen LogP) is 2.11. The molecular formula is C17H14N2O4. The first-order chi connectivity index (χ1) is 11.2. The standard InChI is InChI=1S/C17H14N2O4/c1-22-12-8-7-10-13(14(12)23-2)17(21)19-11-6-4-3-5-9(11)16(20)18-15(10)19/h3-8,15H,1-2H3,(H,18,20)/t15-/m1/s1. The lowest BCUT2D eigenvalue weighted by Crippen LogP contribution is -2.45. The number of nitrogens with zero attached hydrogens (tertiary/aromatic N) is 1. The third-order valence-corrected chi connectivity index (χ3v) is 4.24. The minimum absolute atomic E-state index is 0.197. The van der Waals surface area contributed by atoms with E-state index in [9.17, 15) is 9.59 Å². The Hall–Kier alpha value is -3.02. The van der Waals surface area contributed by atoms with Crippen molar-refractivity contribution in [2.45, 2.75) is 6.17 Å². The summed E-state index contributed by atoms with van der Waals surface area (Å²) in [6.07, 6.45) is -0.528. The zero-order valence-corrected chi connectivity index (χ0v) is 12.6. The lowest BCUT2D eigenvalue weighted by atomic mass is 10.0. The lowest BCUT2D eigenvalue weighted by Gasteiger charge is -2.32. The van der Waals surface area contributed by atoms with E-state index in [-0.39, 0.29) is 11.8 Å². The highest BCUT2D eigenvalue weighted by Crippen LogP contribution is 2.46. The maximum Gasteiger partial charge on any atom is 0.264 e. The van der Waals surface area contributed by atoms with Crippen molar-refractivity contribution in [1.29, 1.82) is 0 Å². The molecule has 2 aromatic carbocycles. The summed E-state index contributed by atoms with van der Waals surface area (Å²) >= 11 is 0. The highest BCUT2D eigenvalue weighted by atomic mass is 16.5. The maximum atomic E-state index is 13.0. The normalized spacial score (nSPS) is 18.0. The SMILES string of the molecule is COc1ccc2c(c1OC)C(=O)N1c3ccccc3C(=O)N[C@@H]21. The Bertz CT molecular complexity index is 846. The van der Waals surface area contributed by atoms with Crippen LogP contribution < -0.4 is 19.7 Å². The maximum absolute atomic E-state index is 13.0. The molecule has 2 aromatic rings. The van der Waals surface area contributed by atoms with Crippen LogP contribution in [-0.2, 0) is 0 Å². The summed E-state index contributed by atoms with van der Waals surface area (Å²) < 4.78 is 10.7. The van der Waals surface area contributed by atoms with Crippen LogP contribution in [0.4, 0.5) is 5.69 Å². The molecule has 0 aromatic heterocycles. The predicted molar refractivity (Wildman–Crippen MR) is 83.0 cm³/mol. The number of hydrogen-bond acceptors (Lipinski definition) is 4. The largest absolute Gasteiger partial charge is 0.493 e. The Labute approximate surface area is 132 Å². The second-order valence-electron chi connectivity index (χ2n) is 5.33. The monoisotopic (exact) mass is 310 g/mol. The van der Waals surface area contributed by atoms with Crippen LogP contribution in [0.25, 0.3) is 0 Å². The number of nitrogens with one attached hydrogen (secondary N) is 1. The lowest BCUT2D eigenvalue weighted by molar-refractivity contribution is 0.0912. The van der Waals surface area contributed by atoms with E-state index in [0.29, 0.717) is 33.9 Å². The third-order valence-electron chi connectivity index (χ3n) is 4.24. The molecule has 0 unspecified atom stereocenters. The minimum atomic E-state index is -0.528. The van der Waals surface area contributed by atoms with Gasteiger partial charge in [-0.05, 0) is 18.2 Å². The number of hydrogen-bond donors (Lipinski definition) is 1. The van der Waals surface area contributed by atoms with Crippen molar-refractivity contribution >= 4 is 17.5 Å². The molecule has 0 bridgehead atoms.